The van der Waals surface area contributed by atoms with Crippen LogP contribution in [-0.4, -0.2) is 36.0 Å². The van der Waals surface area contributed by atoms with Gasteiger partial charge in [0.1, 0.15) is 0 Å². The van der Waals surface area contributed by atoms with Crippen molar-refractivity contribution in [1.82, 2.24) is 4.90 Å². The third kappa shape index (κ3) is 5.83. The van der Waals surface area contributed by atoms with E-state index < -0.39 is 0 Å². The van der Waals surface area contributed by atoms with Crippen molar-refractivity contribution in [2.75, 3.05) is 19.6 Å². The minimum Gasteiger partial charge on any atom is -0.296 e. The molecule has 0 aromatic carbocycles. The third-order valence-electron chi connectivity index (χ3n) is 3.80. The quantitative estimate of drug-likeness (QED) is 0.428. The molecule has 0 aromatic heterocycles. The Labute approximate surface area is 134 Å². The van der Waals surface area contributed by atoms with Gasteiger partial charge in [0, 0.05) is 25.9 Å². The number of hydrogen-bond donors (Lipinski definition) is 0. The van der Waals surface area contributed by atoms with Crippen molar-refractivity contribution < 1.29 is 4.79 Å². The zero-order chi connectivity index (χ0) is 16.5. The predicted molar refractivity (Wildman–Crippen MR) is 93.8 cm³/mol. The highest BCUT2D eigenvalue weighted by atomic mass is 16.1. The zero-order valence-corrected chi connectivity index (χ0v) is 14.1. The van der Waals surface area contributed by atoms with Gasteiger partial charge in [0.25, 0.3) is 0 Å². The van der Waals surface area contributed by atoms with Crippen LogP contribution in [-0.2, 0) is 4.79 Å². The van der Waals surface area contributed by atoms with Gasteiger partial charge in [-0.2, -0.15) is 0 Å². The Morgan fingerprint density at radius 1 is 1.36 bits per heavy atom. The Balaban J connectivity index is 2.97. The molecule has 1 fully saturated rings. The minimum absolute atomic E-state index is 0.00524. The van der Waals surface area contributed by atoms with E-state index in [-0.39, 0.29) is 5.78 Å². The number of rotatable bonds is 6. The van der Waals surface area contributed by atoms with E-state index >= 15 is 0 Å². The second-order valence-corrected chi connectivity index (χ2v) is 5.66. The SMILES string of the molecule is C#CC1CCN(C\C(N=C(C)C(C)=O)=C(C)/C=C\C=C/C)C1. The topological polar surface area (TPSA) is 32.7 Å². The van der Waals surface area contributed by atoms with Gasteiger partial charge in [-0.05, 0) is 39.3 Å². The highest BCUT2D eigenvalue weighted by Gasteiger charge is 2.21. The van der Waals surface area contributed by atoms with Crippen molar-refractivity contribution in [1.29, 1.82) is 0 Å². The van der Waals surface area contributed by atoms with Crippen LogP contribution in [0.15, 0.2) is 40.6 Å². The average molecular weight is 298 g/mol. The highest BCUT2D eigenvalue weighted by Crippen LogP contribution is 2.19. The summed E-state index contributed by atoms with van der Waals surface area (Å²) in [7, 11) is 0. The molecule has 0 saturated carbocycles. The summed E-state index contributed by atoms with van der Waals surface area (Å²) in [5, 5.41) is 0. The van der Waals surface area contributed by atoms with E-state index in [9.17, 15) is 4.79 Å². The standard InChI is InChI=1S/C19H26N2O/c1-6-8-9-10-15(3)19(20-16(4)17(5)22)14-21-12-11-18(7-2)13-21/h2,6,8-10,18H,11-14H2,1,3-5H3/b8-6-,10-9-,19-15+,20-16?. The molecule has 22 heavy (non-hydrogen) atoms. The molecule has 1 rings (SSSR count). The summed E-state index contributed by atoms with van der Waals surface area (Å²) in [4.78, 5) is 18.3. The molecule has 1 saturated heterocycles. The summed E-state index contributed by atoms with van der Waals surface area (Å²) >= 11 is 0. The van der Waals surface area contributed by atoms with Crippen molar-refractivity contribution >= 4 is 11.5 Å². The molecule has 0 aromatic rings. The molecule has 1 atom stereocenters. The monoisotopic (exact) mass is 298 g/mol. The fraction of sp³-hybridized carbons (Fsp3) is 0.474. The largest absolute Gasteiger partial charge is 0.296 e. The smallest absolute Gasteiger partial charge is 0.173 e. The van der Waals surface area contributed by atoms with E-state index in [0.29, 0.717) is 11.6 Å². The predicted octanol–water partition coefficient (Wildman–Crippen LogP) is 3.40. The van der Waals surface area contributed by atoms with Crippen LogP contribution >= 0.6 is 0 Å². The molecule has 1 aliphatic heterocycles. The number of allylic oxidation sites excluding steroid dienone is 5. The number of nitrogens with zero attached hydrogens (tertiary/aromatic N) is 2. The number of carbonyl (C=O) groups excluding carboxylic acids is 1. The van der Waals surface area contributed by atoms with E-state index in [2.05, 4.69) is 15.8 Å². The summed E-state index contributed by atoms with van der Waals surface area (Å²) in [5.41, 5.74) is 2.55. The van der Waals surface area contributed by atoms with E-state index in [1.807, 2.05) is 38.2 Å². The Morgan fingerprint density at radius 3 is 2.64 bits per heavy atom. The van der Waals surface area contributed by atoms with Crippen LogP contribution in [0.5, 0.6) is 0 Å². The first-order valence-corrected chi connectivity index (χ1v) is 7.71. The number of Topliss-reactive ketones (excluding diaryl/α,β-unsaturated/α-hetero) is 1. The maximum absolute atomic E-state index is 11.5. The number of carbonyl (C=O) groups is 1. The van der Waals surface area contributed by atoms with E-state index in [1.165, 1.54) is 0 Å². The second-order valence-electron chi connectivity index (χ2n) is 5.66. The molecule has 0 aliphatic carbocycles. The van der Waals surface area contributed by atoms with Gasteiger partial charge in [0.15, 0.2) is 5.78 Å². The molecule has 1 heterocycles. The molecule has 3 nitrogen and oxygen atoms in total. The summed E-state index contributed by atoms with van der Waals surface area (Å²) in [6.45, 7) is 9.94. The Bertz CT molecular complexity index is 558. The van der Waals surface area contributed by atoms with E-state index in [1.54, 1.807) is 13.8 Å². The van der Waals surface area contributed by atoms with Crippen molar-refractivity contribution in [3.8, 4) is 12.3 Å². The molecule has 0 amide bonds. The van der Waals surface area contributed by atoms with Crippen LogP contribution < -0.4 is 0 Å². The Morgan fingerprint density at radius 2 is 2.09 bits per heavy atom. The van der Waals surface area contributed by atoms with Gasteiger partial charge in [-0.15, -0.1) is 12.3 Å². The minimum atomic E-state index is 0.00524. The second kappa shape index (κ2) is 9.17. The number of likely N-dealkylation sites (tertiary alicyclic amines) is 1. The molecule has 0 radical (unpaired) electrons. The number of hydrogen-bond acceptors (Lipinski definition) is 3. The molecule has 1 unspecified atom stereocenters. The molecule has 0 spiro atoms. The molecule has 118 valence electrons. The number of aliphatic imine (C=N–C) groups is 1. The summed E-state index contributed by atoms with van der Waals surface area (Å²) in [5.74, 6) is 3.16. The number of terminal acetylenes is 1. The van der Waals surface area contributed by atoms with Gasteiger partial charge in [-0.25, -0.2) is 0 Å². The van der Waals surface area contributed by atoms with Crippen LogP contribution in [0, 0.1) is 18.3 Å². The lowest BCUT2D eigenvalue weighted by Crippen LogP contribution is -2.24. The first-order chi connectivity index (χ1) is 10.5. The van der Waals surface area contributed by atoms with Crippen LogP contribution in [0.1, 0.15) is 34.1 Å². The van der Waals surface area contributed by atoms with Gasteiger partial charge >= 0.3 is 0 Å². The Kier molecular flexibility index (Phi) is 7.56. The summed E-state index contributed by atoms with van der Waals surface area (Å²) in [6, 6.07) is 0. The fourth-order valence-corrected chi connectivity index (χ4v) is 2.26. The van der Waals surface area contributed by atoms with E-state index in [4.69, 9.17) is 6.42 Å². The van der Waals surface area contributed by atoms with Crippen molar-refractivity contribution in [2.45, 2.75) is 34.1 Å². The van der Waals surface area contributed by atoms with Gasteiger partial charge in [0.05, 0.1) is 11.4 Å². The van der Waals surface area contributed by atoms with Crippen LogP contribution in [0.3, 0.4) is 0 Å². The first-order valence-electron chi connectivity index (χ1n) is 7.71. The van der Waals surface area contributed by atoms with E-state index in [0.717, 1.165) is 37.3 Å². The Hall–Kier alpha value is -1.92. The normalized spacial score (nSPS) is 21.4. The third-order valence-corrected chi connectivity index (χ3v) is 3.80. The number of ketones is 1. The lowest BCUT2D eigenvalue weighted by Gasteiger charge is -2.17. The zero-order valence-electron chi connectivity index (χ0n) is 14.1. The average Bonchev–Trinajstić information content (AvgIpc) is 2.94. The van der Waals surface area contributed by atoms with Crippen molar-refractivity contribution in [3.63, 3.8) is 0 Å². The maximum atomic E-state index is 11.5. The molecule has 0 bridgehead atoms. The molecule has 0 N–H and O–H groups in total. The lowest BCUT2D eigenvalue weighted by atomic mass is 10.1. The molecule has 1 aliphatic rings. The first kappa shape index (κ1) is 18.1. The van der Waals surface area contributed by atoms with Gasteiger partial charge < -0.3 is 0 Å². The fourth-order valence-electron chi connectivity index (χ4n) is 2.26. The van der Waals surface area contributed by atoms with Crippen molar-refractivity contribution in [2.24, 2.45) is 10.9 Å². The maximum Gasteiger partial charge on any atom is 0.173 e. The molecule has 3 heteroatoms. The molecular formula is C19H26N2O. The van der Waals surface area contributed by atoms with Gasteiger partial charge in [-0.1, -0.05) is 24.3 Å². The lowest BCUT2D eigenvalue weighted by molar-refractivity contribution is -0.111. The van der Waals surface area contributed by atoms with Crippen LogP contribution in [0.25, 0.3) is 0 Å². The van der Waals surface area contributed by atoms with Crippen LogP contribution in [0.2, 0.25) is 0 Å². The summed E-state index contributed by atoms with van der Waals surface area (Å²) < 4.78 is 0. The van der Waals surface area contributed by atoms with Gasteiger partial charge in [0.2, 0.25) is 0 Å². The summed E-state index contributed by atoms with van der Waals surface area (Å²) in [6.07, 6.45) is 14.5. The van der Waals surface area contributed by atoms with Crippen LogP contribution in [0.4, 0.5) is 0 Å². The molecular weight excluding hydrogens is 272 g/mol. The van der Waals surface area contributed by atoms with Gasteiger partial charge in [-0.3, -0.25) is 14.7 Å². The van der Waals surface area contributed by atoms with Crippen molar-refractivity contribution in [3.05, 3.63) is 35.6 Å². The highest BCUT2D eigenvalue weighted by molar-refractivity contribution is 6.38.